The lowest BCUT2D eigenvalue weighted by Gasteiger charge is -2.16. The van der Waals surface area contributed by atoms with E-state index in [9.17, 15) is 9.59 Å². The minimum Gasteiger partial charge on any atom is -0.489 e. The second-order valence-corrected chi connectivity index (χ2v) is 7.61. The monoisotopic (exact) mass is 355 g/mol. The first kappa shape index (κ1) is 17.5. The summed E-state index contributed by atoms with van der Waals surface area (Å²) in [6, 6.07) is 17.9. The number of nitrogens with zero attached hydrogens (tertiary/aromatic N) is 1. The number of benzene rings is 2. The van der Waals surface area contributed by atoms with E-state index in [4.69, 9.17) is 4.74 Å². The number of ether oxygens (including phenoxy) is 1. The van der Waals surface area contributed by atoms with Crippen LogP contribution in [0.1, 0.15) is 24.5 Å². The van der Waals surface area contributed by atoms with Gasteiger partial charge in [0, 0.05) is 31.7 Å². The van der Waals surface area contributed by atoms with Crippen molar-refractivity contribution >= 4 is 22.8 Å². The van der Waals surface area contributed by atoms with Crippen LogP contribution in [-0.2, 0) is 22.7 Å². The fraction of sp³-hybridized carbons (Fsp3) is 0.300. The van der Waals surface area contributed by atoms with Gasteiger partial charge in [-0.05, 0) is 23.3 Å². The summed E-state index contributed by atoms with van der Waals surface area (Å²) in [4.78, 5) is 25.1. The molecule has 2 aromatic rings. The van der Waals surface area contributed by atoms with Gasteiger partial charge < -0.3 is 9.64 Å². The van der Waals surface area contributed by atoms with Crippen LogP contribution in [0.15, 0.2) is 54.6 Å². The molecule has 3 rings (SSSR count). The lowest BCUT2D eigenvalue weighted by Crippen LogP contribution is -2.24. The summed E-state index contributed by atoms with van der Waals surface area (Å²) in [6.07, 6.45) is 0.447. The first-order chi connectivity index (χ1) is 12.1. The number of likely N-dealkylation sites (tertiary alicyclic amines) is 1. The third-order valence-corrected chi connectivity index (χ3v) is 5.04. The Labute approximate surface area is 152 Å². The number of carbonyl (C=O) groups is 2. The van der Waals surface area contributed by atoms with Crippen LogP contribution in [0, 0.1) is 0 Å². The maximum absolute atomic E-state index is 12.1. The molecule has 1 fully saturated rings. The van der Waals surface area contributed by atoms with Crippen LogP contribution in [0.4, 0.5) is 0 Å². The highest BCUT2D eigenvalue weighted by Crippen LogP contribution is 2.26. The van der Waals surface area contributed by atoms with Gasteiger partial charge in [-0.1, -0.05) is 54.2 Å². The highest BCUT2D eigenvalue weighted by Gasteiger charge is 2.30. The molecule has 25 heavy (non-hydrogen) atoms. The molecule has 0 spiro atoms. The van der Waals surface area contributed by atoms with Crippen LogP contribution < -0.4 is 4.74 Å². The average Bonchev–Trinajstić information content (AvgIpc) is 2.93. The van der Waals surface area contributed by atoms with E-state index in [1.165, 1.54) is 11.8 Å². The third-order valence-electron chi connectivity index (χ3n) is 4.06. The van der Waals surface area contributed by atoms with Crippen LogP contribution in [0.2, 0.25) is 0 Å². The molecule has 1 saturated heterocycles. The lowest BCUT2D eigenvalue weighted by atomic mass is 10.2. The average molecular weight is 355 g/mol. The highest BCUT2D eigenvalue weighted by molar-refractivity contribution is 8.14. The molecule has 0 saturated carbocycles. The number of amides is 1. The van der Waals surface area contributed by atoms with Crippen LogP contribution in [-0.4, -0.2) is 27.7 Å². The van der Waals surface area contributed by atoms with E-state index in [1.54, 1.807) is 6.92 Å². The van der Waals surface area contributed by atoms with E-state index in [0.29, 0.717) is 26.1 Å². The van der Waals surface area contributed by atoms with Gasteiger partial charge in [0.25, 0.3) is 0 Å². The van der Waals surface area contributed by atoms with E-state index < -0.39 is 0 Å². The number of hydrogen-bond acceptors (Lipinski definition) is 4. The SMILES string of the molecule is CC(=O)SC1CC(=O)N(Cc2ccc(OCc3ccccc3)cc2)C1. The van der Waals surface area contributed by atoms with Gasteiger partial charge in [0.05, 0.1) is 0 Å². The first-order valence-corrected chi connectivity index (χ1v) is 9.19. The second kappa shape index (κ2) is 8.21. The molecular weight excluding hydrogens is 334 g/mol. The summed E-state index contributed by atoms with van der Waals surface area (Å²) in [7, 11) is 0. The van der Waals surface area contributed by atoms with Crippen LogP contribution in [0.5, 0.6) is 5.75 Å². The summed E-state index contributed by atoms with van der Waals surface area (Å²) in [5.41, 5.74) is 2.19. The zero-order valence-corrected chi connectivity index (χ0v) is 15.0. The maximum atomic E-state index is 12.1. The van der Waals surface area contributed by atoms with Gasteiger partial charge in [-0.2, -0.15) is 0 Å². The highest BCUT2D eigenvalue weighted by atomic mass is 32.2. The molecule has 5 heteroatoms. The van der Waals surface area contributed by atoms with Crippen molar-refractivity contribution in [2.24, 2.45) is 0 Å². The fourth-order valence-electron chi connectivity index (χ4n) is 2.85. The van der Waals surface area contributed by atoms with Gasteiger partial charge >= 0.3 is 0 Å². The summed E-state index contributed by atoms with van der Waals surface area (Å²) < 4.78 is 5.78. The molecule has 1 aliphatic heterocycles. The minimum absolute atomic E-state index is 0.0690. The normalized spacial score (nSPS) is 16.9. The van der Waals surface area contributed by atoms with E-state index in [0.717, 1.165) is 16.9 Å². The Hall–Kier alpha value is -2.27. The summed E-state index contributed by atoms with van der Waals surface area (Å²) in [5.74, 6) is 0.925. The van der Waals surface area contributed by atoms with E-state index >= 15 is 0 Å². The van der Waals surface area contributed by atoms with Crippen molar-refractivity contribution in [1.29, 1.82) is 0 Å². The Morgan fingerprint density at radius 1 is 1.12 bits per heavy atom. The fourth-order valence-corrected chi connectivity index (χ4v) is 3.80. The van der Waals surface area contributed by atoms with Crippen LogP contribution in [0.3, 0.4) is 0 Å². The van der Waals surface area contributed by atoms with E-state index in [-0.39, 0.29) is 16.3 Å². The Balaban J connectivity index is 1.52. The lowest BCUT2D eigenvalue weighted by molar-refractivity contribution is -0.128. The topological polar surface area (TPSA) is 46.6 Å². The molecule has 1 atom stereocenters. The Bertz CT molecular complexity index is 730. The molecule has 1 unspecified atom stereocenters. The van der Waals surface area contributed by atoms with Crippen molar-refractivity contribution in [3.8, 4) is 5.75 Å². The molecule has 0 N–H and O–H groups in total. The van der Waals surface area contributed by atoms with E-state index in [1.807, 2.05) is 59.5 Å². The van der Waals surface area contributed by atoms with Gasteiger partial charge in [-0.25, -0.2) is 0 Å². The number of carbonyl (C=O) groups excluding carboxylic acids is 2. The van der Waals surface area contributed by atoms with Crippen molar-refractivity contribution in [2.45, 2.75) is 31.7 Å². The van der Waals surface area contributed by atoms with Crippen molar-refractivity contribution < 1.29 is 14.3 Å². The Morgan fingerprint density at radius 2 is 1.84 bits per heavy atom. The molecular formula is C20H21NO3S. The Morgan fingerprint density at radius 3 is 2.52 bits per heavy atom. The molecule has 0 aliphatic carbocycles. The molecule has 4 nitrogen and oxygen atoms in total. The number of thioether (sulfide) groups is 1. The largest absolute Gasteiger partial charge is 0.489 e. The molecule has 0 radical (unpaired) electrons. The zero-order valence-electron chi connectivity index (χ0n) is 14.2. The Kier molecular flexibility index (Phi) is 5.76. The molecule has 0 aromatic heterocycles. The van der Waals surface area contributed by atoms with Gasteiger partial charge in [-0.15, -0.1) is 0 Å². The third kappa shape index (κ3) is 5.10. The minimum atomic E-state index is 0.0690. The summed E-state index contributed by atoms with van der Waals surface area (Å²) in [6.45, 7) is 3.29. The molecule has 130 valence electrons. The van der Waals surface area contributed by atoms with E-state index in [2.05, 4.69) is 0 Å². The van der Waals surface area contributed by atoms with Crippen molar-refractivity contribution in [1.82, 2.24) is 4.90 Å². The van der Waals surface area contributed by atoms with Crippen LogP contribution in [0.25, 0.3) is 0 Å². The van der Waals surface area contributed by atoms with Crippen LogP contribution >= 0.6 is 11.8 Å². The predicted molar refractivity (Wildman–Crippen MR) is 99.3 cm³/mol. The predicted octanol–water partition coefficient (Wildman–Crippen LogP) is 3.65. The molecule has 1 aliphatic rings. The van der Waals surface area contributed by atoms with Crippen molar-refractivity contribution in [3.63, 3.8) is 0 Å². The van der Waals surface area contributed by atoms with Crippen molar-refractivity contribution in [3.05, 3.63) is 65.7 Å². The number of hydrogen-bond donors (Lipinski definition) is 0. The van der Waals surface area contributed by atoms with Gasteiger partial charge in [-0.3, -0.25) is 9.59 Å². The maximum Gasteiger partial charge on any atom is 0.224 e. The zero-order chi connectivity index (χ0) is 17.6. The molecule has 0 bridgehead atoms. The molecule has 1 heterocycles. The smallest absolute Gasteiger partial charge is 0.224 e. The summed E-state index contributed by atoms with van der Waals surface area (Å²) >= 11 is 1.27. The van der Waals surface area contributed by atoms with Crippen molar-refractivity contribution in [2.75, 3.05) is 6.54 Å². The number of rotatable bonds is 6. The van der Waals surface area contributed by atoms with Gasteiger partial charge in [0.1, 0.15) is 12.4 Å². The standard InChI is InChI=1S/C20H21NO3S/c1-15(22)25-19-11-20(23)21(13-19)12-16-7-9-18(10-8-16)24-14-17-5-3-2-4-6-17/h2-10,19H,11-14H2,1H3. The van der Waals surface area contributed by atoms with Gasteiger partial charge in [0.2, 0.25) is 5.91 Å². The quantitative estimate of drug-likeness (QED) is 0.794. The molecule has 2 aromatic carbocycles. The van der Waals surface area contributed by atoms with Gasteiger partial charge in [0.15, 0.2) is 5.12 Å². The second-order valence-electron chi connectivity index (χ2n) is 6.13. The summed E-state index contributed by atoms with van der Waals surface area (Å²) in [5, 5.41) is 0.151. The first-order valence-electron chi connectivity index (χ1n) is 8.31. The molecule has 1 amide bonds.